The van der Waals surface area contributed by atoms with Crippen molar-refractivity contribution in [1.82, 2.24) is 0 Å². The van der Waals surface area contributed by atoms with Crippen LogP contribution in [0.3, 0.4) is 0 Å². The van der Waals surface area contributed by atoms with Crippen LogP contribution in [0.25, 0.3) is 0 Å². The van der Waals surface area contributed by atoms with Gasteiger partial charge in [0.15, 0.2) is 0 Å². The monoisotopic (exact) mass is 273 g/mol. The molecule has 0 aliphatic heterocycles. The molecular weight excluding hydrogens is 246 g/mol. The van der Waals surface area contributed by atoms with Gasteiger partial charge in [0.05, 0.1) is 13.0 Å². The van der Waals surface area contributed by atoms with Crippen LogP contribution in [0, 0.1) is 16.0 Å². The van der Waals surface area contributed by atoms with Crippen LogP contribution in [0.5, 0.6) is 0 Å². The first-order chi connectivity index (χ1) is 9.10. The fraction of sp³-hybridized carbons (Fsp3) is 0.929. The van der Waals surface area contributed by atoms with Gasteiger partial charge < -0.3 is 4.74 Å². The topological polar surface area (TPSA) is 69.4 Å². The van der Waals surface area contributed by atoms with E-state index < -0.39 is 0 Å². The molecule has 1 unspecified atom stereocenters. The highest BCUT2D eigenvalue weighted by atomic mass is 16.6. The fourth-order valence-corrected chi connectivity index (χ4v) is 2.14. The number of carbonyl (C=O) groups is 1. The molecule has 0 spiro atoms. The summed E-state index contributed by atoms with van der Waals surface area (Å²) in [5, 5.41) is 10.6. The number of ether oxygens (including phenoxy) is 1. The molecule has 0 aliphatic rings. The summed E-state index contributed by atoms with van der Waals surface area (Å²) in [6.45, 7) is 4.12. The molecule has 112 valence electrons. The summed E-state index contributed by atoms with van der Waals surface area (Å²) in [5.74, 6) is -0.499. The van der Waals surface area contributed by atoms with E-state index in [1.54, 1.807) is 6.92 Å². The van der Waals surface area contributed by atoms with E-state index >= 15 is 0 Å². The summed E-state index contributed by atoms with van der Waals surface area (Å²) in [4.78, 5) is 21.6. The van der Waals surface area contributed by atoms with Gasteiger partial charge in [-0.05, 0) is 13.3 Å². The minimum Gasteiger partial charge on any atom is -0.466 e. The van der Waals surface area contributed by atoms with Crippen LogP contribution in [0.15, 0.2) is 0 Å². The molecule has 0 aromatic rings. The van der Waals surface area contributed by atoms with E-state index in [9.17, 15) is 14.9 Å². The number of carbonyl (C=O) groups excluding carboxylic acids is 1. The lowest BCUT2D eigenvalue weighted by molar-refractivity contribution is -0.488. The van der Waals surface area contributed by atoms with Crippen LogP contribution in [0.2, 0.25) is 0 Å². The average molecular weight is 273 g/mol. The van der Waals surface area contributed by atoms with Crippen LogP contribution < -0.4 is 0 Å². The summed E-state index contributed by atoms with van der Waals surface area (Å²) in [5.41, 5.74) is 0. The van der Waals surface area contributed by atoms with Crippen molar-refractivity contribution in [2.24, 2.45) is 5.92 Å². The Hall–Kier alpha value is -1.13. The zero-order chi connectivity index (χ0) is 14.5. The van der Waals surface area contributed by atoms with Gasteiger partial charge in [0, 0.05) is 10.8 Å². The van der Waals surface area contributed by atoms with Gasteiger partial charge in [-0.3, -0.25) is 14.9 Å². The lowest BCUT2D eigenvalue weighted by Crippen LogP contribution is -2.19. The third-order valence-corrected chi connectivity index (χ3v) is 3.13. The summed E-state index contributed by atoms with van der Waals surface area (Å²) in [6.07, 6.45) is 7.84. The highest BCUT2D eigenvalue weighted by Gasteiger charge is 2.19. The summed E-state index contributed by atoms with van der Waals surface area (Å²) < 4.78 is 4.85. The number of nitrogens with zero attached hydrogens (tertiary/aromatic N) is 1. The Bertz CT molecular complexity index is 256. The zero-order valence-corrected chi connectivity index (χ0v) is 12.2. The SMILES string of the molecule is CCCCCCCCC(CC(=O)OCC)C[N+](=O)[O-]. The molecule has 0 amide bonds. The predicted molar refractivity (Wildman–Crippen MR) is 74.6 cm³/mol. The molecule has 1 atom stereocenters. The molecule has 0 rings (SSSR count). The van der Waals surface area contributed by atoms with Crippen molar-refractivity contribution in [3.05, 3.63) is 10.1 Å². The molecule has 0 aromatic carbocycles. The van der Waals surface area contributed by atoms with Crippen molar-refractivity contribution in [3.63, 3.8) is 0 Å². The second-order valence-electron chi connectivity index (χ2n) is 4.95. The van der Waals surface area contributed by atoms with Crippen LogP contribution in [0.4, 0.5) is 0 Å². The average Bonchev–Trinajstić information content (AvgIpc) is 2.33. The van der Waals surface area contributed by atoms with Gasteiger partial charge in [-0.15, -0.1) is 0 Å². The van der Waals surface area contributed by atoms with Crippen LogP contribution in [-0.4, -0.2) is 24.0 Å². The van der Waals surface area contributed by atoms with E-state index in [4.69, 9.17) is 4.74 Å². The first-order valence-corrected chi connectivity index (χ1v) is 7.37. The minimum atomic E-state index is -0.332. The number of esters is 1. The van der Waals surface area contributed by atoms with E-state index in [1.165, 1.54) is 25.7 Å². The maximum absolute atomic E-state index is 11.4. The third kappa shape index (κ3) is 11.7. The molecule has 0 saturated heterocycles. The van der Waals surface area contributed by atoms with Gasteiger partial charge in [0.1, 0.15) is 0 Å². The molecule has 0 bridgehead atoms. The summed E-state index contributed by atoms with van der Waals surface area (Å²) in [6, 6.07) is 0. The van der Waals surface area contributed by atoms with E-state index in [1.807, 2.05) is 0 Å². The Morgan fingerprint density at radius 3 is 2.37 bits per heavy atom. The number of rotatable bonds is 12. The van der Waals surface area contributed by atoms with Crippen LogP contribution in [0.1, 0.15) is 65.2 Å². The Balaban J connectivity index is 3.86. The molecule has 5 heteroatoms. The second kappa shape index (κ2) is 11.9. The first kappa shape index (κ1) is 17.9. The number of nitro groups is 1. The third-order valence-electron chi connectivity index (χ3n) is 3.13. The maximum atomic E-state index is 11.4. The molecule has 0 heterocycles. The van der Waals surface area contributed by atoms with Crippen LogP contribution >= 0.6 is 0 Å². The van der Waals surface area contributed by atoms with E-state index in [0.29, 0.717) is 6.61 Å². The molecule has 0 aliphatic carbocycles. The van der Waals surface area contributed by atoms with Crippen molar-refractivity contribution in [2.75, 3.05) is 13.2 Å². The molecule has 0 N–H and O–H groups in total. The van der Waals surface area contributed by atoms with E-state index in [0.717, 1.165) is 19.3 Å². The van der Waals surface area contributed by atoms with Crippen molar-refractivity contribution in [3.8, 4) is 0 Å². The highest BCUT2D eigenvalue weighted by molar-refractivity contribution is 5.69. The quantitative estimate of drug-likeness (QED) is 0.236. The molecule has 0 fully saturated rings. The normalized spacial score (nSPS) is 12.1. The van der Waals surface area contributed by atoms with Gasteiger partial charge in [-0.1, -0.05) is 45.4 Å². The Labute approximate surface area is 115 Å². The predicted octanol–water partition coefficient (Wildman–Crippen LogP) is 3.58. The van der Waals surface area contributed by atoms with Gasteiger partial charge in [-0.2, -0.15) is 0 Å². The maximum Gasteiger partial charge on any atom is 0.306 e. The lowest BCUT2D eigenvalue weighted by Gasteiger charge is -2.11. The minimum absolute atomic E-state index is 0.131. The van der Waals surface area contributed by atoms with Gasteiger partial charge in [-0.25, -0.2) is 0 Å². The molecular formula is C14H27NO4. The Morgan fingerprint density at radius 2 is 1.79 bits per heavy atom. The highest BCUT2D eigenvalue weighted by Crippen LogP contribution is 2.16. The van der Waals surface area contributed by atoms with Gasteiger partial charge >= 0.3 is 5.97 Å². The lowest BCUT2D eigenvalue weighted by atomic mass is 9.97. The molecule has 5 nitrogen and oxygen atoms in total. The Kier molecular flexibility index (Phi) is 11.2. The number of unbranched alkanes of at least 4 members (excludes halogenated alkanes) is 5. The van der Waals surface area contributed by atoms with Crippen molar-refractivity contribution in [2.45, 2.75) is 65.2 Å². The van der Waals surface area contributed by atoms with E-state index in [2.05, 4.69) is 6.92 Å². The zero-order valence-electron chi connectivity index (χ0n) is 12.2. The molecule has 19 heavy (non-hydrogen) atoms. The number of hydrogen-bond donors (Lipinski definition) is 0. The number of hydrogen-bond acceptors (Lipinski definition) is 4. The smallest absolute Gasteiger partial charge is 0.306 e. The second-order valence-corrected chi connectivity index (χ2v) is 4.95. The molecule has 0 aromatic heterocycles. The van der Waals surface area contributed by atoms with Crippen molar-refractivity contribution in [1.29, 1.82) is 0 Å². The summed E-state index contributed by atoms with van der Waals surface area (Å²) in [7, 11) is 0. The first-order valence-electron chi connectivity index (χ1n) is 7.37. The molecule has 0 radical (unpaired) electrons. The Morgan fingerprint density at radius 1 is 1.16 bits per heavy atom. The summed E-state index contributed by atoms with van der Waals surface area (Å²) >= 11 is 0. The van der Waals surface area contributed by atoms with Crippen molar-refractivity contribution < 1.29 is 14.5 Å². The molecule has 0 saturated carbocycles. The van der Waals surface area contributed by atoms with Crippen molar-refractivity contribution >= 4 is 5.97 Å². The van der Waals surface area contributed by atoms with E-state index in [-0.39, 0.29) is 29.8 Å². The van der Waals surface area contributed by atoms with Gasteiger partial charge in [0.25, 0.3) is 0 Å². The standard InChI is InChI=1S/C14H27NO4/c1-3-5-6-7-8-9-10-13(12-15(17)18)11-14(16)19-4-2/h13H,3-12H2,1-2H3. The van der Waals surface area contributed by atoms with Crippen LogP contribution in [-0.2, 0) is 9.53 Å². The largest absolute Gasteiger partial charge is 0.466 e. The fourth-order valence-electron chi connectivity index (χ4n) is 2.14. The van der Waals surface area contributed by atoms with Gasteiger partial charge in [0.2, 0.25) is 6.54 Å².